The molecular formula is C16H24N4O2S. The molecule has 0 amide bonds. The average molecular weight is 336 g/mol. The van der Waals surface area contributed by atoms with E-state index in [0.29, 0.717) is 6.54 Å². The Hall–Kier alpha value is -1.70. The van der Waals surface area contributed by atoms with Gasteiger partial charge in [0.05, 0.1) is 12.2 Å². The molecule has 0 saturated heterocycles. The van der Waals surface area contributed by atoms with Gasteiger partial charge in [-0.05, 0) is 18.7 Å². The van der Waals surface area contributed by atoms with Gasteiger partial charge in [-0.15, -0.1) is 0 Å². The molecule has 0 bridgehead atoms. The maximum atomic E-state index is 12.6. The summed E-state index contributed by atoms with van der Waals surface area (Å²) in [7, 11) is -1.91. The fourth-order valence-corrected chi connectivity index (χ4v) is 3.63. The lowest BCUT2D eigenvalue weighted by Gasteiger charge is -2.26. The lowest BCUT2D eigenvalue weighted by atomic mass is 10.1. The second kappa shape index (κ2) is 7.72. The minimum absolute atomic E-state index is 0.181. The molecule has 1 atom stereocenters. The summed E-state index contributed by atoms with van der Waals surface area (Å²) in [6, 6.07) is 9.35. The molecule has 0 spiro atoms. The van der Waals surface area contributed by atoms with E-state index in [1.807, 2.05) is 30.3 Å². The Kier molecular flexibility index (Phi) is 5.92. The van der Waals surface area contributed by atoms with Crippen molar-refractivity contribution in [3.8, 4) is 0 Å². The number of hydrogen-bond donors (Lipinski definition) is 1. The molecule has 0 aliphatic carbocycles. The molecule has 0 unspecified atom stereocenters. The van der Waals surface area contributed by atoms with E-state index < -0.39 is 10.0 Å². The third kappa shape index (κ3) is 4.63. The number of nitrogens with zero attached hydrogens (tertiary/aromatic N) is 3. The number of rotatable bonds is 8. The van der Waals surface area contributed by atoms with Gasteiger partial charge in [-0.2, -0.15) is 5.10 Å². The molecule has 126 valence electrons. The lowest BCUT2D eigenvalue weighted by Crippen LogP contribution is -2.38. The summed E-state index contributed by atoms with van der Waals surface area (Å²) >= 11 is 0. The fourth-order valence-electron chi connectivity index (χ4n) is 2.43. The zero-order chi connectivity index (χ0) is 16.9. The van der Waals surface area contributed by atoms with Gasteiger partial charge in [0, 0.05) is 19.8 Å². The van der Waals surface area contributed by atoms with Gasteiger partial charge >= 0.3 is 0 Å². The molecule has 1 aromatic carbocycles. The molecule has 0 saturated carbocycles. The smallest absolute Gasteiger partial charge is 0.244 e. The molecule has 2 rings (SSSR count). The normalized spacial score (nSPS) is 13.4. The standard InChI is InChI=1S/C16H24N4O2S/c1-4-20(5-2)13-16(14-9-7-6-8-10-14)18-23(21,22)15-11-17-19(3)12-15/h6-12,16,18H,4-5,13H2,1-3H3/t16-/m1/s1. The van der Waals surface area contributed by atoms with Crippen LogP contribution >= 0.6 is 0 Å². The number of aromatic nitrogens is 2. The molecular weight excluding hydrogens is 312 g/mol. The molecule has 6 nitrogen and oxygen atoms in total. The van der Waals surface area contributed by atoms with Gasteiger partial charge in [0.25, 0.3) is 0 Å². The number of hydrogen-bond acceptors (Lipinski definition) is 4. The quantitative estimate of drug-likeness (QED) is 0.798. The van der Waals surface area contributed by atoms with E-state index in [2.05, 4.69) is 28.6 Å². The molecule has 23 heavy (non-hydrogen) atoms. The Morgan fingerprint density at radius 2 is 1.87 bits per heavy atom. The second-order valence-corrected chi connectivity index (χ2v) is 7.13. The summed E-state index contributed by atoms with van der Waals surface area (Å²) in [5.74, 6) is 0. The summed E-state index contributed by atoms with van der Waals surface area (Å²) < 4.78 is 29.5. The van der Waals surface area contributed by atoms with Crippen LogP contribution in [0.3, 0.4) is 0 Å². The first kappa shape index (κ1) is 17.7. The van der Waals surface area contributed by atoms with Crippen molar-refractivity contribution < 1.29 is 8.42 Å². The van der Waals surface area contributed by atoms with Crippen LogP contribution in [0.1, 0.15) is 25.5 Å². The van der Waals surface area contributed by atoms with Crippen molar-refractivity contribution in [1.82, 2.24) is 19.4 Å². The molecule has 7 heteroatoms. The van der Waals surface area contributed by atoms with E-state index >= 15 is 0 Å². The highest BCUT2D eigenvalue weighted by molar-refractivity contribution is 7.89. The first-order valence-corrected chi connectivity index (χ1v) is 9.22. The van der Waals surface area contributed by atoms with Gasteiger partial charge in [0.15, 0.2) is 0 Å². The first-order chi connectivity index (χ1) is 11.0. The minimum Gasteiger partial charge on any atom is -0.302 e. The van der Waals surface area contributed by atoms with Crippen LogP contribution in [-0.4, -0.2) is 42.7 Å². The van der Waals surface area contributed by atoms with Gasteiger partial charge in [0.1, 0.15) is 4.90 Å². The van der Waals surface area contributed by atoms with Gasteiger partial charge < -0.3 is 4.90 Å². The summed E-state index contributed by atoms with van der Waals surface area (Å²) in [4.78, 5) is 2.38. The van der Waals surface area contributed by atoms with Crippen LogP contribution in [0.15, 0.2) is 47.6 Å². The molecule has 1 heterocycles. The topological polar surface area (TPSA) is 67.2 Å². The number of benzene rings is 1. The average Bonchev–Trinajstić information content (AvgIpc) is 2.99. The highest BCUT2D eigenvalue weighted by Crippen LogP contribution is 2.18. The van der Waals surface area contributed by atoms with Crippen LogP contribution in [-0.2, 0) is 17.1 Å². The molecule has 2 aromatic rings. The van der Waals surface area contributed by atoms with Gasteiger partial charge in [-0.1, -0.05) is 44.2 Å². The second-order valence-electron chi connectivity index (χ2n) is 5.42. The summed E-state index contributed by atoms with van der Waals surface area (Å²) in [6.45, 7) is 6.50. The highest BCUT2D eigenvalue weighted by Gasteiger charge is 2.23. The lowest BCUT2D eigenvalue weighted by molar-refractivity contribution is 0.277. The van der Waals surface area contributed by atoms with E-state index in [-0.39, 0.29) is 10.9 Å². The Labute approximate surface area is 138 Å². The van der Waals surface area contributed by atoms with Crippen molar-refractivity contribution in [3.05, 3.63) is 48.3 Å². The largest absolute Gasteiger partial charge is 0.302 e. The summed E-state index contributed by atoms with van der Waals surface area (Å²) in [5, 5.41) is 3.94. The Morgan fingerprint density at radius 3 is 2.39 bits per heavy atom. The van der Waals surface area contributed by atoms with Crippen molar-refractivity contribution in [2.75, 3.05) is 19.6 Å². The van der Waals surface area contributed by atoms with Crippen molar-refractivity contribution in [1.29, 1.82) is 0 Å². The number of nitrogens with one attached hydrogen (secondary N) is 1. The zero-order valence-electron chi connectivity index (χ0n) is 13.8. The van der Waals surface area contributed by atoms with Crippen LogP contribution < -0.4 is 4.72 Å². The SMILES string of the molecule is CCN(CC)C[C@@H](NS(=O)(=O)c1cnn(C)c1)c1ccccc1. The van der Waals surface area contributed by atoms with E-state index in [4.69, 9.17) is 0 Å². The van der Waals surface area contributed by atoms with Crippen LogP contribution in [0.5, 0.6) is 0 Å². The van der Waals surface area contributed by atoms with E-state index in [0.717, 1.165) is 18.7 Å². The first-order valence-electron chi connectivity index (χ1n) is 7.74. The van der Waals surface area contributed by atoms with Crippen molar-refractivity contribution in [3.63, 3.8) is 0 Å². The van der Waals surface area contributed by atoms with E-state index in [1.54, 1.807) is 7.05 Å². The molecule has 1 N–H and O–H groups in total. The van der Waals surface area contributed by atoms with Gasteiger partial charge in [0.2, 0.25) is 10.0 Å². The third-order valence-corrected chi connectivity index (χ3v) is 5.25. The molecule has 0 fully saturated rings. The predicted octanol–water partition coefficient (Wildman–Crippen LogP) is 1.78. The monoisotopic (exact) mass is 336 g/mol. The van der Waals surface area contributed by atoms with Crippen LogP contribution in [0, 0.1) is 0 Å². The van der Waals surface area contributed by atoms with Crippen molar-refractivity contribution in [2.24, 2.45) is 7.05 Å². The maximum absolute atomic E-state index is 12.6. The van der Waals surface area contributed by atoms with E-state index in [1.165, 1.54) is 17.1 Å². The summed E-state index contributed by atoms with van der Waals surface area (Å²) in [5.41, 5.74) is 0.951. The number of likely N-dealkylation sites (N-methyl/N-ethyl adjacent to an activating group) is 1. The van der Waals surface area contributed by atoms with Crippen LogP contribution in [0.25, 0.3) is 0 Å². The summed E-state index contributed by atoms with van der Waals surface area (Å²) in [6.07, 6.45) is 2.86. The number of aryl methyl sites for hydroxylation is 1. The third-order valence-electron chi connectivity index (χ3n) is 3.83. The minimum atomic E-state index is -3.61. The van der Waals surface area contributed by atoms with E-state index in [9.17, 15) is 8.42 Å². The van der Waals surface area contributed by atoms with Crippen molar-refractivity contribution in [2.45, 2.75) is 24.8 Å². The van der Waals surface area contributed by atoms with Gasteiger partial charge in [-0.3, -0.25) is 4.68 Å². The Bertz CT molecular complexity index is 709. The molecule has 1 aromatic heterocycles. The van der Waals surface area contributed by atoms with Crippen LogP contribution in [0.4, 0.5) is 0 Å². The molecule has 0 aliphatic rings. The van der Waals surface area contributed by atoms with Crippen molar-refractivity contribution >= 4 is 10.0 Å². The predicted molar refractivity (Wildman–Crippen MR) is 90.5 cm³/mol. The van der Waals surface area contributed by atoms with Gasteiger partial charge in [-0.25, -0.2) is 13.1 Å². The maximum Gasteiger partial charge on any atom is 0.244 e. The molecule has 0 radical (unpaired) electrons. The van der Waals surface area contributed by atoms with Crippen LogP contribution in [0.2, 0.25) is 0 Å². The Morgan fingerprint density at radius 1 is 1.22 bits per heavy atom. The Balaban J connectivity index is 2.27. The number of sulfonamides is 1. The zero-order valence-corrected chi connectivity index (χ0v) is 14.6. The fraction of sp³-hybridized carbons (Fsp3) is 0.438. The highest BCUT2D eigenvalue weighted by atomic mass is 32.2. The molecule has 0 aliphatic heterocycles.